The molecule has 8 heteroatoms. The minimum Gasteiger partial charge on any atom is -0.477 e. The zero-order valence-corrected chi connectivity index (χ0v) is 14.3. The van der Waals surface area contributed by atoms with E-state index < -0.39 is 24.6 Å². The second-order valence-corrected chi connectivity index (χ2v) is 5.64. The van der Waals surface area contributed by atoms with Gasteiger partial charge in [-0.15, -0.1) is 0 Å². The molecule has 1 aromatic carbocycles. The molecular weight excluding hydrogens is 357 g/mol. The smallest absolute Gasteiger partial charge is 0.347 e. The molecular formula is C16H15Cl2NO5. The number of hydrogen-bond donors (Lipinski definition) is 1. The van der Waals surface area contributed by atoms with E-state index in [-0.39, 0.29) is 11.6 Å². The van der Waals surface area contributed by atoms with Gasteiger partial charge >= 0.3 is 5.97 Å². The highest BCUT2D eigenvalue weighted by Crippen LogP contribution is 2.28. The van der Waals surface area contributed by atoms with Gasteiger partial charge in [0.2, 0.25) is 0 Å². The van der Waals surface area contributed by atoms with E-state index in [9.17, 15) is 9.59 Å². The van der Waals surface area contributed by atoms with Gasteiger partial charge in [0.1, 0.15) is 11.5 Å². The maximum atomic E-state index is 11.8. The molecule has 1 unspecified atom stereocenters. The molecule has 0 fully saturated rings. The number of carbonyl (C=O) groups is 2. The van der Waals surface area contributed by atoms with Crippen molar-refractivity contribution in [1.82, 2.24) is 5.32 Å². The third kappa shape index (κ3) is 5.47. The molecule has 0 bridgehead atoms. The number of ether oxygens (including phenoxy) is 2. The van der Waals surface area contributed by atoms with Crippen LogP contribution in [0.5, 0.6) is 5.75 Å². The van der Waals surface area contributed by atoms with Gasteiger partial charge in [-0.1, -0.05) is 23.2 Å². The third-order valence-corrected chi connectivity index (χ3v) is 3.45. The molecule has 1 atom stereocenters. The van der Waals surface area contributed by atoms with Gasteiger partial charge < -0.3 is 19.2 Å². The van der Waals surface area contributed by atoms with E-state index >= 15 is 0 Å². The fourth-order valence-corrected chi connectivity index (χ4v) is 2.17. The SMILES string of the molecule is CC(Oc1ccc(Cl)cc1Cl)C(=O)OCC(=O)NCc1ccco1. The second kappa shape index (κ2) is 8.61. The van der Waals surface area contributed by atoms with Crippen LogP contribution in [0.25, 0.3) is 0 Å². The molecule has 2 rings (SSSR count). The van der Waals surface area contributed by atoms with Gasteiger partial charge in [0.15, 0.2) is 12.7 Å². The van der Waals surface area contributed by atoms with Crippen molar-refractivity contribution in [2.45, 2.75) is 19.6 Å². The maximum Gasteiger partial charge on any atom is 0.347 e. The molecule has 0 saturated carbocycles. The zero-order valence-electron chi connectivity index (χ0n) is 12.8. The summed E-state index contributed by atoms with van der Waals surface area (Å²) in [5.41, 5.74) is 0. The fourth-order valence-electron chi connectivity index (χ4n) is 1.71. The lowest BCUT2D eigenvalue weighted by molar-refractivity contribution is -0.154. The van der Waals surface area contributed by atoms with E-state index in [1.807, 2.05) is 0 Å². The van der Waals surface area contributed by atoms with Crippen molar-refractivity contribution in [3.05, 3.63) is 52.4 Å². The number of nitrogens with one attached hydrogen (secondary N) is 1. The first-order valence-electron chi connectivity index (χ1n) is 7.03. The summed E-state index contributed by atoms with van der Waals surface area (Å²) in [7, 11) is 0. The van der Waals surface area contributed by atoms with Gasteiger partial charge in [0.05, 0.1) is 17.8 Å². The van der Waals surface area contributed by atoms with Crippen LogP contribution in [-0.4, -0.2) is 24.6 Å². The molecule has 0 aliphatic heterocycles. The van der Waals surface area contributed by atoms with Gasteiger partial charge in [0, 0.05) is 5.02 Å². The van der Waals surface area contributed by atoms with Crippen LogP contribution in [0.1, 0.15) is 12.7 Å². The van der Waals surface area contributed by atoms with Crippen molar-refractivity contribution in [3.63, 3.8) is 0 Å². The summed E-state index contributed by atoms with van der Waals surface area (Å²) in [5, 5.41) is 3.29. The van der Waals surface area contributed by atoms with E-state index in [1.165, 1.54) is 19.3 Å². The topological polar surface area (TPSA) is 77.8 Å². The number of benzene rings is 1. The van der Waals surface area contributed by atoms with Crippen molar-refractivity contribution in [2.75, 3.05) is 6.61 Å². The number of esters is 1. The first kappa shape index (κ1) is 18.2. The van der Waals surface area contributed by atoms with Crippen molar-refractivity contribution < 1.29 is 23.5 Å². The Kier molecular flexibility index (Phi) is 6.52. The van der Waals surface area contributed by atoms with E-state index in [4.69, 9.17) is 37.1 Å². The van der Waals surface area contributed by atoms with Crippen molar-refractivity contribution >= 4 is 35.1 Å². The van der Waals surface area contributed by atoms with Crippen LogP contribution >= 0.6 is 23.2 Å². The molecule has 0 spiro atoms. The molecule has 1 heterocycles. The molecule has 1 aromatic heterocycles. The molecule has 6 nitrogen and oxygen atoms in total. The Bertz CT molecular complexity index is 702. The Labute approximate surface area is 148 Å². The Morgan fingerprint density at radius 3 is 2.75 bits per heavy atom. The number of amides is 1. The molecule has 0 radical (unpaired) electrons. The van der Waals surface area contributed by atoms with Crippen LogP contribution in [0.4, 0.5) is 0 Å². The minimum absolute atomic E-state index is 0.218. The van der Waals surface area contributed by atoms with E-state index in [2.05, 4.69) is 5.32 Å². The van der Waals surface area contributed by atoms with E-state index in [1.54, 1.807) is 24.3 Å². The Hall–Kier alpha value is -2.18. The molecule has 128 valence electrons. The lowest BCUT2D eigenvalue weighted by Crippen LogP contribution is -2.32. The lowest BCUT2D eigenvalue weighted by atomic mass is 10.3. The Morgan fingerprint density at radius 1 is 1.29 bits per heavy atom. The van der Waals surface area contributed by atoms with Crippen LogP contribution in [0, 0.1) is 0 Å². The molecule has 24 heavy (non-hydrogen) atoms. The standard InChI is InChI=1S/C16H15Cl2NO5/c1-10(24-14-5-4-11(17)7-13(14)18)16(21)23-9-15(20)19-8-12-3-2-6-22-12/h2-7,10H,8-9H2,1H3,(H,19,20). The van der Waals surface area contributed by atoms with Crippen LogP contribution in [-0.2, 0) is 20.9 Å². The summed E-state index contributed by atoms with van der Waals surface area (Å²) in [6, 6.07) is 8.06. The molecule has 0 aliphatic carbocycles. The average molecular weight is 372 g/mol. The second-order valence-electron chi connectivity index (χ2n) is 4.80. The van der Waals surface area contributed by atoms with Gasteiger partial charge in [-0.3, -0.25) is 4.79 Å². The first-order valence-corrected chi connectivity index (χ1v) is 7.78. The largest absolute Gasteiger partial charge is 0.477 e. The zero-order chi connectivity index (χ0) is 17.5. The first-order chi connectivity index (χ1) is 11.5. The summed E-state index contributed by atoms with van der Waals surface area (Å²) in [4.78, 5) is 23.5. The minimum atomic E-state index is -0.929. The van der Waals surface area contributed by atoms with Gasteiger partial charge in [-0.2, -0.15) is 0 Å². The summed E-state index contributed by atoms with van der Waals surface area (Å²) in [6.45, 7) is 1.30. The van der Waals surface area contributed by atoms with Crippen molar-refractivity contribution in [3.8, 4) is 5.75 Å². The third-order valence-electron chi connectivity index (χ3n) is 2.92. The van der Waals surface area contributed by atoms with Crippen LogP contribution in [0.3, 0.4) is 0 Å². The van der Waals surface area contributed by atoms with Crippen LogP contribution in [0.15, 0.2) is 41.0 Å². The fraction of sp³-hybridized carbons (Fsp3) is 0.250. The maximum absolute atomic E-state index is 11.8. The van der Waals surface area contributed by atoms with Gasteiger partial charge in [-0.25, -0.2) is 4.79 Å². The lowest BCUT2D eigenvalue weighted by Gasteiger charge is -2.15. The van der Waals surface area contributed by atoms with Crippen LogP contribution in [0.2, 0.25) is 10.0 Å². The number of carbonyl (C=O) groups excluding carboxylic acids is 2. The predicted molar refractivity (Wildman–Crippen MR) is 88.1 cm³/mol. The van der Waals surface area contributed by atoms with Gasteiger partial charge in [-0.05, 0) is 37.3 Å². The summed E-state index contributed by atoms with van der Waals surface area (Å²) in [5.74, 6) is -0.234. The molecule has 0 saturated heterocycles. The highest BCUT2D eigenvalue weighted by Gasteiger charge is 2.19. The van der Waals surface area contributed by atoms with Crippen LogP contribution < -0.4 is 10.1 Å². The predicted octanol–water partition coefficient (Wildman–Crippen LogP) is 3.21. The van der Waals surface area contributed by atoms with Crippen molar-refractivity contribution in [1.29, 1.82) is 0 Å². The number of hydrogen-bond acceptors (Lipinski definition) is 5. The summed E-state index contributed by atoms with van der Waals surface area (Å²) >= 11 is 11.7. The highest BCUT2D eigenvalue weighted by molar-refractivity contribution is 6.35. The highest BCUT2D eigenvalue weighted by atomic mass is 35.5. The summed E-state index contributed by atoms with van der Waals surface area (Å²) < 4.78 is 15.4. The molecule has 2 aromatic rings. The monoisotopic (exact) mass is 371 g/mol. The van der Waals surface area contributed by atoms with Gasteiger partial charge in [0.25, 0.3) is 5.91 Å². The summed E-state index contributed by atoms with van der Waals surface area (Å²) in [6.07, 6.45) is 0.573. The number of halogens is 2. The number of rotatable bonds is 7. The molecule has 0 aliphatic rings. The van der Waals surface area contributed by atoms with Crippen molar-refractivity contribution in [2.24, 2.45) is 0 Å². The van der Waals surface area contributed by atoms with E-state index in [0.29, 0.717) is 16.5 Å². The number of furan rings is 1. The Morgan fingerprint density at radius 2 is 2.08 bits per heavy atom. The average Bonchev–Trinajstić information content (AvgIpc) is 3.06. The molecule has 1 N–H and O–H groups in total. The normalized spacial score (nSPS) is 11.6. The Balaban J connectivity index is 1.75. The molecule has 1 amide bonds. The van der Waals surface area contributed by atoms with E-state index in [0.717, 1.165) is 0 Å². The quantitative estimate of drug-likeness (QED) is 0.756.